The van der Waals surface area contributed by atoms with Gasteiger partial charge in [0.15, 0.2) is 0 Å². The Morgan fingerprint density at radius 2 is 1.88 bits per heavy atom. The lowest BCUT2D eigenvalue weighted by atomic mass is 9.83. The predicted octanol–water partition coefficient (Wildman–Crippen LogP) is 1.50. The van der Waals surface area contributed by atoms with Crippen LogP contribution in [0.1, 0.15) is 46.4 Å². The number of esters is 2. The average molecular weight is 347 g/mol. The fourth-order valence-electron chi connectivity index (χ4n) is 2.97. The van der Waals surface area contributed by atoms with E-state index in [9.17, 15) is 19.2 Å². The number of rotatable bonds is 5. The lowest BCUT2D eigenvalue weighted by Gasteiger charge is -2.28. The van der Waals surface area contributed by atoms with Crippen molar-refractivity contribution in [1.29, 1.82) is 0 Å². The van der Waals surface area contributed by atoms with Crippen molar-refractivity contribution in [2.45, 2.75) is 31.7 Å². The molecular weight excluding hydrogens is 326 g/mol. The summed E-state index contributed by atoms with van der Waals surface area (Å²) in [6, 6.07) is 5.10. The van der Waals surface area contributed by atoms with Crippen LogP contribution in [0, 0.1) is 5.92 Å². The van der Waals surface area contributed by atoms with Gasteiger partial charge >= 0.3 is 11.9 Å². The van der Waals surface area contributed by atoms with E-state index in [4.69, 9.17) is 4.74 Å². The quantitative estimate of drug-likeness (QED) is 0.811. The van der Waals surface area contributed by atoms with Crippen molar-refractivity contribution >= 4 is 23.6 Å². The van der Waals surface area contributed by atoms with Crippen LogP contribution in [0.15, 0.2) is 24.3 Å². The molecule has 0 spiro atoms. The number of amides is 1. The third kappa shape index (κ3) is 4.65. The van der Waals surface area contributed by atoms with Gasteiger partial charge in [0.2, 0.25) is 0 Å². The van der Waals surface area contributed by atoms with Gasteiger partial charge in [0.05, 0.1) is 19.8 Å². The monoisotopic (exact) mass is 347 g/mol. The molecule has 0 radical (unpaired) electrons. The maximum absolute atomic E-state index is 12.5. The van der Waals surface area contributed by atoms with E-state index >= 15 is 0 Å². The number of nitrogens with one attached hydrogen (secondary N) is 1. The molecule has 1 aromatic carbocycles. The minimum Gasteiger partial charge on any atom is -0.467 e. The van der Waals surface area contributed by atoms with Crippen LogP contribution in [0.25, 0.3) is 0 Å². The number of hydrogen-bond donors (Lipinski definition) is 1. The highest BCUT2D eigenvalue weighted by molar-refractivity contribution is 5.99. The summed E-state index contributed by atoms with van der Waals surface area (Å²) in [5, 5.41) is 2.64. The first-order valence-electron chi connectivity index (χ1n) is 8.05. The van der Waals surface area contributed by atoms with E-state index in [1.54, 1.807) is 6.07 Å². The number of Topliss-reactive ketones (excluding diaryl/α,β-unsaturated/α-hetero) is 1. The number of ketones is 1. The molecule has 134 valence electrons. The summed E-state index contributed by atoms with van der Waals surface area (Å²) in [5.74, 6) is -1.87. The van der Waals surface area contributed by atoms with E-state index in [1.165, 1.54) is 32.4 Å². The molecule has 0 unspecified atom stereocenters. The Morgan fingerprint density at radius 3 is 2.52 bits per heavy atom. The summed E-state index contributed by atoms with van der Waals surface area (Å²) >= 11 is 0. The second-order valence-electron chi connectivity index (χ2n) is 5.94. The van der Waals surface area contributed by atoms with Gasteiger partial charge in [-0.15, -0.1) is 0 Å². The molecular formula is C18H21NO6. The number of methoxy groups -OCH3 is 2. The average Bonchev–Trinajstić information content (AvgIpc) is 2.64. The third-order valence-corrected chi connectivity index (χ3v) is 4.28. The van der Waals surface area contributed by atoms with E-state index in [0.717, 1.165) is 0 Å². The van der Waals surface area contributed by atoms with Gasteiger partial charge in [-0.05, 0) is 37.0 Å². The molecule has 1 aliphatic carbocycles. The third-order valence-electron chi connectivity index (χ3n) is 4.28. The van der Waals surface area contributed by atoms with Gasteiger partial charge in [-0.1, -0.05) is 6.07 Å². The van der Waals surface area contributed by atoms with Gasteiger partial charge in [0.1, 0.15) is 11.8 Å². The van der Waals surface area contributed by atoms with Gasteiger partial charge in [-0.2, -0.15) is 0 Å². The summed E-state index contributed by atoms with van der Waals surface area (Å²) in [5.41, 5.74) is 0.455. The summed E-state index contributed by atoms with van der Waals surface area (Å²) in [4.78, 5) is 47.9. The van der Waals surface area contributed by atoms with E-state index in [2.05, 4.69) is 10.1 Å². The predicted molar refractivity (Wildman–Crippen MR) is 88.0 cm³/mol. The number of ether oxygens (including phenoxy) is 2. The highest BCUT2D eigenvalue weighted by Gasteiger charge is 2.34. The van der Waals surface area contributed by atoms with Gasteiger partial charge < -0.3 is 14.8 Å². The summed E-state index contributed by atoms with van der Waals surface area (Å²) in [6.45, 7) is 0. The van der Waals surface area contributed by atoms with Gasteiger partial charge in [-0.3, -0.25) is 9.59 Å². The molecule has 1 saturated carbocycles. The van der Waals surface area contributed by atoms with Crippen LogP contribution in [0.4, 0.5) is 0 Å². The van der Waals surface area contributed by atoms with E-state index in [1.807, 2.05) is 0 Å². The minimum absolute atomic E-state index is 0.0760. The molecule has 1 amide bonds. The fraction of sp³-hybridized carbons (Fsp3) is 0.444. The van der Waals surface area contributed by atoms with Crippen molar-refractivity contribution in [2.75, 3.05) is 14.2 Å². The smallest absolute Gasteiger partial charge is 0.337 e. The molecule has 1 fully saturated rings. The van der Waals surface area contributed by atoms with Crippen molar-refractivity contribution in [2.24, 2.45) is 5.92 Å². The first-order chi connectivity index (χ1) is 12.0. The first kappa shape index (κ1) is 18.6. The molecule has 0 aromatic heterocycles. The lowest BCUT2D eigenvalue weighted by molar-refractivity contribution is -0.145. The van der Waals surface area contributed by atoms with Crippen LogP contribution >= 0.6 is 0 Å². The van der Waals surface area contributed by atoms with Crippen LogP contribution in [-0.4, -0.2) is 43.9 Å². The largest absolute Gasteiger partial charge is 0.467 e. The van der Waals surface area contributed by atoms with Gasteiger partial charge in [-0.25, -0.2) is 9.59 Å². The van der Waals surface area contributed by atoms with Gasteiger partial charge in [0.25, 0.3) is 5.91 Å². The Balaban J connectivity index is 2.18. The summed E-state index contributed by atoms with van der Waals surface area (Å²) in [6.07, 6.45) is 2.08. The molecule has 7 nitrogen and oxygen atoms in total. The molecule has 0 saturated heterocycles. The standard InChI is InChI=1S/C18H21NO6/c1-24-17(22)13-7-3-6-12(9-13)16(21)19-15(18(23)25-2)11-5-4-8-14(20)10-11/h3,6-7,9,11,15H,4-5,8,10H2,1-2H3,(H,19,21)/t11-,15-/m0/s1. The van der Waals surface area contributed by atoms with Gasteiger partial charge in [0, 0.05) is 18.4 Å². The minimum atomic E-state index is -0.900. The molecule has 1 aliphatic rings. The molecule has 0 aliphatic heterocycles. The highest BCUT2D eigenvalue weighted by atomic mass is 16.5. The molecule has 0 bridgehead atoms. The molecule has 0 heterocycles. The van der Waals surface area contributed by atoms with Crippen LogP contribution in [0.5, 0.6) is 0 Å². The van der Waals surface area contributed by atoms with Crippen molar-refractivity contribution in [3.05, 3.63) is 35.4 Å². The zero-order chi connectivity index (χ0) is 18.4. The SMILES string of the molecule is COC(=O)c1cccc(C(=O)N[C@H](C(=O)OC)[C@H]2CCCC(=O)C2)c1. The molecule has 2 atom stereocenters. The van der Waals surface area contributed by atoms with Crippen LogP contribution < -0.4 is 5.32 Å². The normalized spacial score (nSPS) is 18.2. The molecule has 7 heteroatoms. The second-order valence-corrected chi connectivity index (χ2v) is 5.94. The van der Waals surface area contributed by atoms with Crippen LogP contribution in [-0.2, 0) is 19.1 Å². The molecule has 1 aromatic rings. The van der Waals surface area contributed by atoms with E-state index < -0.39 is 23.9 Å². The number of benzene rings is 1. The maximum Gasteiger partial charge on any atom is 0.337 e. The van der Waals surface area contributed by atoms with Crippen molar-refractivity contribution in [3.63, 3.8) is 0 Å². The van der Waals surface area contributed by atoms with Crippen LogP contribution in [0.2, 0.25) is 0 Å². The summed E-state index contributed by atoms with van der Waals surface area (Å²) in [7, 11) is 2.49. The highest BCUT2D eigenvalue weighted by Crippen LogP contribution is 2.25. The molecule has 1 N–H and O–H groups in total. The Bertz CT molecular complexity index is 684. The number of hydrogen-bond acceptors (Lipinski definition) is 6. The second kappa shape index (κ2) is 8.41. The molecule has 2 rings (SSSR count). The van der Waals surface area contributed by atoms with Crippen molar-refractivity contribution in [3.8, 4) is 0 Å². The first-order valence-corrected chi connectivity index (χ1v) is 8.05. The van der Waals surface area contributed by atoms with Crippen LogP contribution in [0.3, 0.4) is 0 Å². The zero-order valence-electron chi connectivity index (χ0n) is 14.2. The number of carbonyl (C=O) groups is 4. The number of carbonyl (C=O) groups excluding carboxylic acids is 4. The Hall–Kier alpha value is -2.70. The lowest BCUT2D eigenvalue weighted by Crippen LogP contribution is -2.48. The fourth-order valence-corrected chi connectivity index (χ4v) is 2.97. The van der Waals surface area contributed by atoms with Crippen molar-refractivity contribution < 1.29 is 28.7 Å². The molecule has 25 heavy (non-hydrogen) atoms. The Morgan fingerprint density at radius 1 is 1.16 bits per heavy atom. The van der Waals surface area contributed by atoms with E-state index in [-0.39, 0.29) is 29.2 Å². The Labute approximate surface area is 145 Å². The Kier molecular flexibility index (Phi) is 6.27. The van der Waals surface area contributed by atoms with Crippen molar-refractivity contribution in [1.82, 2.24) is 5.32 Å². The van der Waals surface area contributed by atoms with E-state index in [0.29, 0.717) is 19.3 Å². The maximum atomic E-state index is 12.5. The zero-order valence-corrected chi connectivity index (χ0v) is 14.2. The topological polar surface area (TPSA) is 98.8 Å². The summed E-state index contributed by atoms with van der Waals surface area (Å²) < 4.78 is 9.41.